The van der Waals surface area contributed by atoms with Gasteiger partial charge in [0.05, 0.1) is 20.1 Å². The molecule has 0 fully saturated rings. The number of ether oxygens (including phenoxy) is 2. The van der Waals surface area contributed by atoms with Gasteiger partial charge in [-0.05, 0) is 24.6 Å². The van der Waals surface area contributed by atoms with Crippen LogP contribution in [0.15, 0.2) is 24.3 Å². The van der Waals surface area contributed by atoms with Crippen LogP contribution in [0.2, 0.25) is 0 Å². The Bertz CT molecular complexity index is 352. The van der Waals surface area contributed by atoms with E-state index < -0.39 is 0 Å². The molecule has 4 heteroatoms. The Morgan fingerprint density at radius 3 is 2.88 bits per heavy atom. The molecule has 0 radical (unpaired) electrons. The summed E-state index contributed by atoms with van der Waals surface area (Å²) in [5, 5.41) is 0. The van der Waals surface area contributed by atoms with Gasteiger partial charge < -0.3 is 15.2 Å². The van der Waals surface area contributed by atoms with Crippen LogP contribution in [0.1, 0.15) is 24.9 Å². The summed E-state index contributed by atoms with van der Waals surface area (Å²) >= 11 is 0. The molecule has 16 heavy (non-hydrogen) atoms. The van der Waals surface area contributed by atoms with Gasteiger partial charge in [-0.3, -0.25) is 4.79 Å². The van der Waals surface area contributed by atoms with Gasteiger partial charge in [-0.2, -0.15) is 0 Å². The Labute approximate surface area is 95.3 Å². The summed E-state index contributed by atoms with van der Waals surface area (Å²) in [7, 11) is 1.59. The Kier molecular flexibility index (Phi) is 4.79. The lowest BCUT2D eigenvalue weighted by Crippen LogP contribution is -2.17. The van der Waals surface area contributed by atoms with E-state index in [-0.39, 0.29) is 18.4 Å². The van der Waals surface area contributed by atoms with Gasteiger partial charge in [0.15, 0.2) is 0 Å². The Morgan fingerprint density at radius 2 is 2.25 bits per heavy atom. The minimum Gasteiger partial charge on any atom is -0.497 e. The summed E-state index contributed by atoms with van der Waals surface area (Å²) in [6, 6.07) is 7.02. The highest BCUT2D eigenvalue weighted by atomic mass is 16.5. The number of esters is 1. The van der Waals surface area contributed by atoms with Gasteiger partial charge in [0, 0.05) is 6.04 Å². The average molecular weight is 223 g/mol. The maximum Gasteiger partial charge on any atom is 0.307 e. The van der Waals surface area contributed by atoms with Crippen LogP contribution in [0.5, 0.6) is 5.75 Å². The molecular weight excluding hydrogens is 206 g/mol. The number of hydrogen-bond donors (Lipinski definition) is 1. The topological polar surface area (TPSA) is 61.5 Å². The van der Waals surface area contributed by atoms with Crippen LogP contribution in [0.4, 0.5) is 0 Å². The molecule has 1 aromatic rings. The van der Waals surface area contributed by atoms with E-state index in [1.807, 2.05) is 24.3 Å². The van der Waals surface area contributed by atoms with E-state index in [1.165, 1.54) is 0 Å². The van der Waals surface area contributed by atoms with E-state index in [0.29, 0.717) is 6.61 Å². The Morgan fingerprint density at radius 1 is 1.50 bits per heavy atom. The van der Waals surface area contributed by atoms with Crippen molar-refractivity contribution in [1.29, 1.82) is 0 Å². The van der Waals surface area contributed by atoms with Gasteiger partial charge in [0.2, 0.25) is 0 Å². The van der Waals surface area contributed by atoms with Gasteiger partial charge >= 0.3 is 5.97 Å². The predicted octanol–water partition coefficient (Wildman–Crippen LogP) is 1.65. The van der Waals surface area contributed by atoms with Crippen LogP contribution in [0.3, 0.4) is 0 Å². The molecule has 0 saturated heterocycles. The lowest BCUT2D eigenvalue weighted by molar-refractivity contribution is -0.143. The summed E-state index contributed by atoms with van der Waals surface area (Å²) in [6.07, 6.45) is 0.182. The van der Waals surface area contributed by atoms with Crippen molar-refractivity contribution >= 4 is 5.97 Å². The second-order valence-electron chi connectivity index (χ2n) is 3.39. The molecule has 0 aliphatic rings. The van der Waals surface area contributed by atoms with Crippen LogP contribution in [0, 0.1) is 0 Å². The van der Waals surface area contributed by atoms with Gasteiger partial charge in [-0.15, -0.1) is 0 Å². The zero-order valence-corrected chi connectivity index (χ0v) is 9.60. The van der Waals surface area contributed by atoms with E-state index in [1.54, 1.807) is 14.0 Å². The molecule has 1 aromatic carbocycles. The number of benzene rings is 1. The largest absolute Gasteiger partial charge is 0.497 e. The number of carbonyl (C=O) groups excluding carboxylic acids is 1. The summed E-state index contributed by atoms with van der Waals surface area (Å²) in [5.74, 6) is 0.453. The van der Waals surface area contributed by atoms with Gasteiger partial charge in [-0.1, -0.05) is 12.1 Å². The normalized spacial score (nSPS) is 11.9. The third-order valence-corrected chi connectivity index (χ3v) is 2.21. The summed E-state index contributed by atoms with van der Waals surface area (Å²) in [4.78, 5) is 11.2. The third kappa shape index (κ3) is 3.55. The molecule has 0 unspecified atom stereocenters. The molecule has 0 heterocycles. The molecular formula is C12H17NO3. The highest BCUT2D eigenvalue weighted by molar-refractivity contribution is 5.70. The summed E-state index contributed by atoms with van der Waals surface area (Å²) in [5.41, 5.74) is 6.76. The molecule has 0 bridgehead atoms. The molecule has 0 aliphatic carbocycles. The fraction of sp³-hybridized carbons (Fsp3) is 0.417. The highest BCUT2D eigenvalue weighted by Gasteiger charge is 2.12. The van der Waals surface area contributed by atoms with Crippen LogP contribution in [-0.2, 0) is 9.53 Å². The van der Waals surface area contributed by atoms with Crippen LogP contribution in [0.25, 0.3) is 0 Å². The van der Waals surface area contributed by atoms with Crippen molar-refractivity contribution in [3.8, 4) is 5.75 Å². The predicted molar refractivity (Wildman–Crippen MR) is 61.2 cm³/mol. The first-order valence-electron chi connectivity index (χ1n) is 5.22. The molecule has 1 atom stereocenters. The summed E-state index contributed by atoms with van der Waals surface area (Å²) < 4.78 is 9.93. The van der Waals surface area contributed by atoms with E-state index in [2.05, 4.69) is 0 Å². The zero-order valence-electron chi connectivity index (χ0n) is 9.60. The van der Waals surface area contributed by atoms with Crippen molar-refractivity contribution in [3.63, 3.8) is 0 Å². The number of carbonyl (C=O) groups is 1. The maximum absolute atomic E-state index is 11.2. The van der Waals surface area contributed by atoms with Crippen LogP contribution >= 0.6 is 0 Å². The maximum atomic E-state index is 11.2. The first-order valence-corrected chi connectivity index (χ1v) is 5.22. The molecule has 0 aliphatic heterocycles. The fourth-order valence-corrected chi connectivity index (χ4v) is 1.39. The zero-order chi connectivity index (χ0) is 12.0. The van der Waals surface area contributed by atoms with Crippen molar-refractivity contribution in [2.75, 3.05) is 13.7 Å². The SMILES string of the molecule is CCOC(=O)C[C@H](N)c1cccc(OC)c1. The van der Waals surface area contributed by atoms with Crippen LogP contribution in [-0.4, -0.2) is 19.7 Å². The average Bonchev–Trinajstić information content (AvgIpc) is 2.29. The minimum absolute atomic E-state index is 0.182. The molecule has 2 N–H and O–H groups in total. The highest BCUT2D eigenvalue weighted by Crippen LogP contribution is 2.19. The minimum atomic E-state index is -0.353. The molecule has 4 nitrogen and oxygen atoms in total. The summed E-state index contributed by atoms with van der Waals surface area (Å²) in [6.45, 7) is 2.15. The third-order valence-electron chi connectivity index (χ3n) is 2.21. The smallest absolute Gasteiger partial charge is 0.307 e. The van der Waals surface area contributed by atoms with Crippen molar-refractivity contribution < 1.29 is 14.3 Å². The lowest BCUT2D eigenvalue weighted by atomic mass is 10.0. The molecule has 1 rings (SSSR count). The van der Waals surface area contributed by atoms with Gasteiger partial charge in [-0.25, -0.2) is 0 Å². The number of hydrogen-bond acceptors (Lipinski definition) is 4. The standard InChI is InChI=1S/C12H17NO3/c1-3-16-12(14)8-11(13)9-5-4-6-10(7-9)15-2/h4-7,11H,3,8,13H2,1-2H3/t11-/m0/s1. The molecule has 0 saturated carbocycles. The van der Waals surface area contributed by atoms with Crippen molar-refractivity contribution in [2.45, 2.75) is 19.4 Å². The number of nitrogens with two attached hydrogens (primary N) is 1. The second kappa shape index (κ2) is 6.12. The monoisotopic (exact) mass is 223 g/mol. The Balaban J connectivity index is 2.64. The van der Waals surface area contributed by atoms with Crippen molar-refractivity contribution in [1.82, 2.24) is 0 Å². The van der Waals surface area contributed by atoms with E-state index in [4.69, 9.17) is 15.2 Å². The van der Waals surface area contributed by atoms with Crippen LogP contribution < -0.4 is 10.5 Å². The molecule has 0 amide bonds. The van der Waals surface area contributed by atoms with Gasteiger partial charge in [0.25, 0.3) is 0 Å². The molecule has 0 spiro atoms. The number of rotatable bonds is 5. The second-order valence-corrected chi connectivity index (χ2v) is 3.39. The van der Waals surface area contributed by atoms with Gasteiger partial charge in [0.1, 0.15) is 5.75 Å². The first-order chi connectivity index (χ1) is 7.67. The van der Waals surface area contributed by atoms with E-state index in [9.17, 15) is 4.79 Å². The number of methoxy groups -OCH3 is 1. The van der Waals surface area contributed by atoms with E-state index in [0.717, 1.165) is 11.3 Å². The molecule has 0 aromatic heterocycles. The fourth-order valence-electron chi connectivity index (χ4n) is 1.39. The van der Waals surface area contributed by atoms with Crippen molar-refractivity contribution in [3.05, 3.63) is 29.8 Å². The lowest BCUT2D eigenvalue weighted by Gasteiger charge is -2.12. The first kappa shape index (κ1) is 12.5. The Hall–Kier alpha value is -1.55. The quantitative estimate of drug-likeness (QED) is 0.771. The van der Waals surface area contributed by atoms with E-state index >= 15 is 0 Å². The van der Waals surface area contributed by atoms with Crippen molar-refractivity contribution in [2.24, 2.45) is 5.73 Å². The molecule has 88 valence electrons.